The van der Waals surface area contributed by atoms with Gasteiger partial charge in [-0.3, -0.25) is 4.79 Å². The summed E-state index contributed by atoms with van der Waals surface area (Å²) in [6.45, 7) is 4.13. The van der Waals surface area contributed by atoms with Crippen molar-refractivity contribution >= 4 is 5.91 Å². The normalized spacial score (nSPS) is 13.0. The van der Waals surface area contributed by atoms with Gasteiger partial charge in [-0.2, -0.15) is 0 Å². The first-order valence-corrected chi connectivity index (χ1v) is 20.9. The Hall–Kier alpha value is -0.870. The number of hydrogen-bond donors (Lipinski definition) is 3. The lowest BCUT2D eigenvalue weighted by Gasteiger charge is -2.19. The van der Waals surface area contributed by atoms with Crippen LogP contribution in [0.15, 0.2) is 12.2 Å². The highest BCUT2D eigenvalue weighted by Crippen LogP contribution is 2.17. The molecule has 4 heteroatoms. The first-order chi connectivity index (χ1) is 22.7. The van der Waals surface area contributed by atoms with Crippen molar-refractivity contribution in [3.05, 3.63) is 12.2 Å². The van der Waals surface area contributed by atoms with Crippen molar-refractivity contribution in [1.29, 1.82) is 0 Å². The average Bonchev–Trinajstić information content (AvgIpc) is 3.06. The Bertz CT molecular complexity index is 622. The van der Waals surface area contributed by atoms with E-state index in [0.717, 1.165) is 25.7 Å². The molecule has 0 bridgehead atoms. The van der Waals surface area contributed by atoms with Crippen LogP contribution in [0.1, 0.15) is 232 Å². The number of carbonyl (C=O) groups excluding carboxylic acids is 1. The largest absolute Gasteiger partial charge is 0.394 e. The predicted molar refractivity (Wildman–Crippen MR) is 202 cm³/mol. The number of aliphatic hydroxyl groups is 2. The molecular formula is C42H83NO3. The van der Waals surface area contributed by atoms with Gasteiger partial charge in [0.1, 0.15) is 0 Å². The topological polar surface area (TPSA) is 69.6 Å². The minimum atomic E-state index is -0.830. The highest BCUT2D eigenvalue weighted by atomic mass is 16.3. The molecule has 0 spiro atoms. The van der Waals surface area contributed by atoms with E-state index in [1.54, 1.807) is 6.08 Å². The van der Waals surface area contributed by atoms with E-state index < -0.39 is 12.1 Å². The number of carbonyl (C=O) groups is 1. The van der Waals surface area contributed by atoms with Crippen LogP contribution in [-0.4, -0.2) is 34.9 Å². The van der Waals surface area contributed by atoms with E-state index in [4.69, 9.17) is 0 Å². The van der Waals surface area contributed by atoms with E-state index >= 15 is 0 Å². The number of allylic oxidation sites excluding steroid dienone is 1. The Morgan fingerprint density at radius 3 is 1.09 bits per heavy atom. The van der Waals surface area contributed by atoms with E-state index in [9.17, 15) is 15.0 Å². The SMILES string of the molecule is CCC/C=C/C(O)C(CO)NC(=O)CCCCCCCCCCCCCCCCCCCCCCCCCCCCCCCCC. The molecule has 46 heavy (non-hydrogen) atoms. The second-order valence-electron chi connectivity index (χ2n) is 14.4. The molecule has 0 aromatic rings. The number of rotatable bonds is 38. The molecule has 2 atom stereocenters. The molecule has 3 N–H and O–H groups in total. The maximum Gasteiger partial charge on any atom is 0.220 e. The molecule has 0 fully saturated rings. The van der Waals surface area contributed by atoms with Crippen LogP contribution in [0, 0.1) is 0 Å². The number of hydrogen-bond acceptors (Lipinski definition) is 3. The zero-order valence-electron chi connectivity index (χ0n) is 31.4. The maximum atomic E-state index is 12.2. The van der Waals surface area contributed by atoms with Crippen molar-refractivity contribution in [2.24, 2.45) is 0 Å². The first kappa shape index (κ1) is 45.1. The summed E-state index contributed by atoms with van der Waals surface area (Å²) in [6.07, 6.45) is 48.4. The van der Waals surface area contributed by atoms with Crippen LogP contribution in [-0.2, 0) is 4.79 Å². The molecule has 0 aromatic heterocycles. The van der Waals surface area contributed by atoms with Crippen molar-refractivity contribution in [3.8, 4) is 0 Å². The maximum absolute atomic E-state index is 12.2. The molecule has 0 aliphatic carbocycles. The van der Waals surface area contributed by atoms with Crippen molar-refractivity contribution in [2.75, 3.05) is 6.61 Å². The molecule has 274 valence electrons. The van der Waals surface area contributed by atoms with Crippen molar-refractivity contribution in [3.63, 3.8) is 0 Å². The van der Waals surface area contributed by atoms with Crippen molar-refractivity contribution in [1.82, 2.24) is 5.32 Å². The fourth-order valence-corrected chi connectivity index (χ4v) is 6.54. The van der Waals surface area contributed by atoms with Gasteiger partial charge in [0.25, 0.3) is 0 Å². The molecular weight excluding hydrogens is 566 g/mol. The summed E-state index contributed by atoms with van der Waals surface area (Å²) in [7, 11) is 0. The van der Waals surface area contributed by atoms with Gasteiger partial charge in [0.15, 0.2) is 0 Å². The van der Waals surface area contributed by atoms with Gasteiger partial charge < -0.3 is 15.5 Å². The Morgan fingerprint density at radius 2 is 0.804 bits per heavy atom. The second-order valence-corrected chi connectivity index (χ2v) is 14.4. The van der Waals surface area contributed by atoms with Gasteiger partial charge >= 0.3 is 0 Å². The van der Waals surface area contributed by atoms with Gasteiger partial charge in [0.05, 0.1) is 18.8 Å². The van der Waals surface area contributed by atoms with E-state index in [2.05, 4.69) is 19.2 Å². The van der Waals surface area contributed by atoms with Gasteiger partial charge in [-0.05, 0) is 12.8 Å². The summed E-state index contributed by atoms with van der Waals surface area (Å²) in [4.78, 5) is 12.2. The zero-order valence-corrected chi connectivity index (χ0v) is 31.4. The smallest absolute Gasteiger partial charge is 0.220 e. The molecule has 2 unspecified atom stereocenters. The molecule has 0 saturated carbocycles. The molecule has 1 amide bonds. The quantitative estimate of drug-likeness (QED) is 0.0460. The summed E-state index contributed by atoms with van der Waals surface area (Å²) in [6, 6.07) is -0.612. The van der Waals surface area contributed by atoms with E-state index in [0.29, 0.717) is 6.42 Å². The third-order valence-corrected chi connectivity index (χ3v) is 9.75. The zero-order chi connectivity index (χ0) is 33.6. The Balaban J connectivity index is 3.25. The number of aliphatic hydroxyl groups excluding tert-OH is 2. The monoisotopic (exact) mass is 650 g/mol. The highest BCUT2D eigenvalue weighted by Gasteiger charge is 2.17. The van der Waals surface area contributed by atoms with Crippen LogP contribution in [0.3, 0.4) is 0 Å². The molecule has 0 aromatic carbocycles. The van der Waals surface area contributed by atoms with Gasteiger partial charge in [-0.1, -0.05) is 225 Å². The second kappa shape index (κ2) is 38.6. The van der Waals surface area contributed by atoms with Gasteiger partial charge in [-0.15, -0.1) is 0 Å². The van der Waals surface area contributed by atoms with E-state index in [1.165, 1.54) is 186 Å². The summed E-state index contributed by atoms with van der Waals surface area (Å²) < 4.78 is 0. The third-order valence-electron chi connectivity index (χ3n) is 9.75. The van der Waals surface area contributed by atoms with Crippen LogP contribution in [0.25, 0.3) is 0 Å². The Morgan fingerprint density at radius 1 is 0.500 bits per heavy atom. The highest BCUT2D eigenvalue weighted by molar-refractivity contribution is 5.76. The first-order valence-electron chi connectivity index (χ1n) is 20.9. The van der Waals surface area contributed by atoms with Crippen LogP contribution < -0.4 is 5.32 Å². The predicted octanol–water partition coefficient (Wildman–Crippen LogP) is 12.7. The van der Waals surface area contributed by atoms with Crippen LogP contribution in [0.2, 0.25) is 0 Å². The third kappa shape index (κ3) is 34.5. The van der Waals surface area contributed by atoms with Gasteiger partial charge in [0.2, 0.25) is 5.91 Å². The van der Waals surface area contributed by atoms with Gasteiger partial charge in [0, 0.05) is 6.42 Å². The molecule has 0 saturated heterocycles. The van der Waals surface area contributed by atoms with Gasteiger partial charge in [-0.25, -0.2) is 0 Å². The van der Waals surface area contributed by atoms with Crippen LogP contribution in [0.5, 0.6) is 0 Å². The van der Waals surface area contributed by atoms with Crippen LogP contribution in [0.4, 0.5) is 0 Å². The van der Waals surface area contributed by atoms with Crippen molar-refractivity contribution in [2.45, 2.75) is 244 Å². The summed E-state index contributed by atoms with van der Waals surface area (Å²) >= 11 is 0. The Labute approximate surface area is 288 Å². The lowest BCUT2D eigenvalue weighted by Crippen LogP contribution is -2.45. The van der Waals surface area contributed by atoms with Crippen molar-refractivity contribution < 1.29 is 15.0 Å². The van der Waals surface area contributed by atoms with Crippen LogP contribution >= 0.6 is 0 Å². The molecule has 0 rings (SSSR count). The lowest BCUT2D eigenvalue weighted by atomic mass is 10.0. The lowest BCUT2D eigenvalue weighted by molar-refractivity contribution is -0.123. The fraction of sp³-hybridized carbons (Fsp3) is 0.929. The standard InChI is InChI=1S/C42H83NO3/c1-3-5-7-8-9-10-11-12-13-14-15-16-17-18-19-20-21-22-23-24-25-26-27-28-29-30-31-32-33-34-36-38-42(46)43-40(39-44)41(45)37-35-6-4-2/h35,37,40-41,44-45H,3-34,36,38-39H2,1-2H3,(H,43,46)/b37-35+. The molecule has 0 aliphatic heterocycles. The fourth-order valence-electron chi connectivity index (χ4n) is 6.54. The summed E-state index contributed by atoms with van der Waals surface area (Å²) in [5.41, 5.74) is 0. The summed E-state index contributed by atoms with van der Waals surface area (Å²) in [5.74, 6) is -0.0719. The number of unbranched alkanes of at least 4 members (excludes halogenated alkanes) is 31. The van der Waals surface area contributed by atoms with E-state index in [1.807, 2.05) is 6.08 Å². The molecule has 0 radical (unpaired) electrons. The molecule has 0 aliphatic rings. The minimum absolute atomic E-state index is 0.0719. The minimum Gasteiger partial charge on any atom is -0.394 e. The summed E-state index contributed by atoms with van der Waals surface area (Å²) in [5, 5.41) is 22.4. The Kier molecular flexibility index (Phi) is 37.8. The molecule has 4 nitrogen and oxygen atoms in total. The average molecular weight is 650 g/mol. The molecule has 0 heterocycles. The van der Waals surface area contributed by atoms with E-state index in [-0.39, 0.29) is 12.5 Å². The number of nitrogens with one attached hydrogen (secondary N) is 1. The number of amides is 1.